The monoisotopic (exact) mass is 418 g/mol. The maximum absolute atomic E-state index is 12.6. The molecule has 0 aromatic heterocycles. The zero-order chi connectivity index (χ0) is 21.3. The third kappa shape index (κ3) is 5.78. The number of hydrogen-bond acceptors (Lipinski definition) is 5. The van der Waals surface area contributed by atoms with Crippen molar-refractivity contribution >= 4 is 11.9 Å². The lowest BCUT2D eigenvalue weighted by Crippen LogP contribution is -2.55. The fraction of sp³-hybridized carbons (Fsp3) is 0.636. The van der Waals surface area contributed by atoms with Gasteiger partial charge in [-0.25, -0.2) is 4.99 Å². The zero-order valence-corrected chi connectivity index (χ0v) is 18.3. The number of para-hydroxylation sites is 2. The molecule has 30 heavy (non-hydrogen) atoms. The number of piperazine rings is 1. The first kappa shape index (κ1) is 22.2. The molecular weight excluding hydrogens is 384 g/mol. The number of amides is 1. The molecular formula is C22H34N4O4. The van der Waals surface area contributed by atoms with E-state index >= 15 is 0 Å². The second-order valence-corrected chi connectivity index (χ2v) is 7.59. The summed E-state index contributed by atoms with van der Waals surface area (Å²) in [5.74, 6) is 2.42. The highest BCUT2D eigenvalue weighted by atomic mass is 16.5. The van der Waals surface area contributed by atoms with E-state index in [2.05, 4.69) is 17.1 Å². The molecule has 1 aromatic rings. The Morgan fingerprint density at radius 2 is 1.93 bits per heavy atom. The summed E-state index contributed by atoms with van der Waals surface area (Å²) in [5, 5.41) is 3.36. The van der Waals surface area contributed by atoms with Gasteiger partial charge >= 0.3 is 0 Å². The molecule has 3 rings (SSSR count). The number of guanidine groups is 1. The van der Waals surface area contributed by atoms with Crippen molar-refractivity contribution in [1.29, 1.82) is 0 Å². The first-order valence-corrected chi connectivity index (χ1v) is 10.9. The van der Waals surface area contributed by atoms with Crippen LogP contribution in [0.2, 0.25) is 0 Å². The van der Waals surface area contributed by atoms with Crippen molar-refractivity contribution in [3.63, 3.8) is 0 Å². The van der Waals surface area contributed by atoms with Crippen LogP contribution in [0, 0.1) is 0 Å². The SMILES string of the molecule is CCNC(=NCC(C)Oc1ccccc1OC)N1CCN(C(=O)C2CCCO2)CC1. The van der Waals surface area contributed by atoms with Crippen molar-refractivity contribution in [3.05, 3.63) is 24.3 Å². The van der Waals surface area contributed by atoms with Crippen molar-refractivity contribution in [2.24, 2.45) is 4.99 Å². The standard InChI is InChI=1S/C22H34N4O4/c1-4-23-22(24-16-17(2)30-19-9-6-5-8-18(19)28-3)26-13-11-25(12-14-26)21(27)20-10-7-15-29-20/h5-6,8-9,17,20H,4,7,10-16H2,1-3H3,(H,23,24). The molecule has 0 aliphatic carbocycles. The molecule has 2 aliphatic rings. The van der Waals surface area contributed by atoms with Crippen molar-refractivity contribution in [2.45, 2.75) is 38.9 Å². The van der Waals surface area contributed by atoms with E-state index < -0.39 is 0 Å². The number of aliphatic imine (C=N–C) groups is 1. The molecule has 2 fully saturated rings. The van der Waals surface area contributed by atoms with E-state index in [4.69, 9.17) is 19.2 Å². The Labute approximate surface area is 179 Å². The van der Waals surface area contributed by atoms with Gasteiger partial charge in [0, 0.05) is 39.3 Å². The van der Waals surface area contributed by atoms with Gasteiger partial charge in [-0.2, -0.15) is 0 Å². The van der Waals surface area contributed by atoms with Gasteiger partial charge in [0.1, 0.15) is 12.2 Å². The molecule has 2 heterocycles. The van der Waals surface area contributed by atoms with Crippen LogP contribution in [0.3, 0.4) is 0 Å². The number of benzene rings is 1. The second kappa shape index (κ2) is 11.1. The number of nitrogens with zero attached hydrogens (tertiary/aromatic N) is 3. The van der Waals surface area contributed by atoms with E-state index in [9.17, 15) is 4.79 Å². The fourth-order valence-corrected chi connectivity index (χ4v) is 3.73. The Bertz CT molecular complexity index is 713. The molecule has 2 unspecified atom stereocenters. The minimum atomic E-state index is -0.244. The van der Waals surface area contributed by atoms with Gasteiger partial charge in [-0.1, -0.05) is 12.1 Å². The number of carbonyl (C=O) groups is 1. The van der Waals surface area contributed by atoms with Crippen LogP contribution in [0.4, 0.5) is 0 Å². The summed E-state index contributed by atoms with van der Waals surface area (Å²) in [7, 11) is 1.64. The average Bonchev–Trinajstić information content (AvgIpc) is 3.31. The van der Waals surface area contributed by atoms with Crippen LogP contribution in [0.1, 0.15) is 26.7 Å². The number of nitrogens with one attached hydrogen (secondary N) is 1. The second-order valence-electron chi connectivity index (χ2n) is 7.59. The lowest BCUT2D eigenvalue weighted by molar-refractivity contribution is -0.142. The van der Waals surface area contributed by atoms with Gasteiger partial charge in [0.15, 0.2) is 17.5 Å². The molecule has 0 radical (unpaired) electrons. The minimum absolute atomic E-state index is 0.0997. The largest absolute Gasteiger partial charge is 0.493 e. The molecule has 1 amide bonds. The molecule has 2 saturated heterocycles. The number of hydrogen-bond donors (Lipinski definition) is 1. The van der Waals surface area contributed by atoms with Crippen molar-refractivity contribution in [3.8, 4) is 11.5 Å². The Balaban J connectivity index is 1.53. The summed E-state index contributed by atoms with van der Waals surface area (Å²) in [5.41, 5.74) is 0. The van der Waals surface area contributed by atoms with Gasteiger partial charge in [0.2, 0.25) is 0 Å². The van der Waals surface area contributed by atoms with E-state index in [0.717, 1.165) is 38.4 Å². The zero-order valence-electron chi connectivity index (χ0n) is 18.3. The first-order chi connectivity index (χ1) is 14.6. The summed E-state index contributed by atoms with van der Waals surface area (Å²) in [6.45, 7) is 8.96. The van der Waals surface area contributed by atoms with E-state index in [0.29, 0.717) is 37.7 Å². The molecule has 8 heteroatoms. The molecule has 1 N–H and O–H groups in total. The van der Waals surface area contributed by atoms with Gasteiger partial charge < -0.3 is 29.3 Å². The summed E-state index contributed by atoms with van der Waals surface area (Å²) in [6.07, 6.45) is 1.47. The van der Waals surface area contributed by atoms with Crippen LogP contribution in [-0.2, 0) is 9.53 Å². The molecule has 0 bridgehead atoms. The average molecular weight is 419 g/mol. The normalized spacial score (nSPS) is 20.8. The van der Waals surface area contributed by atoms with Crippen LogP contribution < -0.4 is 14.8 Å². The van der Waals surface area contributed by atoms with Gasteiger partial charge in [0.05, 0.1) is 13.7 Å². The van der Waals surface area contributed by atoms with Crippen molar-refractivity contribution < 1.29 is 19.0 Å². The predicted octanol–water partition coefficient (Wildman–Crippen LogP) is 1.75. The topological polar surface area (TPSA) is 75.6 Å². The molecule has 166 valence electrons. The van der Waals surface area contributed by atoms with Crippen LogP contribution in [0.5, 0.6) is 11.5 Å². The lowest BCUT2D eigenvalue weighted by Gasteiger charge is -2.37. The Hall–Kier alpha value is -2.48. The lowest BCUT2D eigenvalue weighted by atomic mass is 10.2. The Morgan fingerprint density at radius 3 is 2.57 bits per heavy atom. The molecule has 0 saturated carbocycles. The summed E-state index contributed by atoms with van der Waals surface area (Å²) in [4.78, 5) is 21.5. The van der Waals surface area contributed by atoms with Crippen molar-refractivity contribution in [1.82, 2.24) is 15.1 Å². The molecule has 2 aliphatic heterocycles. The fourth-order valence-electron chi connectivity index (χ4n) is 3.73. The smallest absolute Gasteiger partial charge is 0.251 e. The van der Waals surface area contributed by atoms with Crippen LogP contribution >= 0.6 is 0 Å². The summed E-state index contributed by atoms with van der Waals surface area (Å²) in [6, 6.07) is 7.62. The highest BCUT2D eigenvalue weighted by Crippen LogP contribution is 2.26. The van der Waals surface area contributed by atoms with Crippen LogP contribution in [0.15, 0.2) is 29.3 Å². The maximum Gasteiger partial charge on any atom is 0.251 e. The molecule has 8 nitrogen and oxygen atoms in total. The van der Waals surface area contributed by atoms with E-state index in [-0.39, 0.29) is 18.1 Å². The van der Waals surface area contributed by atoms with E-state index in [1.807, 2.05) is 36.1 Å². The molecule has 0 spiro atoms. The van der Waals surface area contributed by atoms with E-state index in [1.165, 1.54) is 0 Å². The first-order valence-electron chi connectivity index (χ1n) is 10.9. The minimum Gasteiger partial charge on any atom is -0.493 e. The van der Waals surface area contributed by atoms with Gasteiger partial charge in [-0.3, -0.25) is 4.79 Å². The number of carbonyl (C=O) groups excluding carboxylic acids is 1. The highest BCUT2D eigenvalue weighted by Gasteiger charge is 2.30. The van der Waals surface area contributed by atoms with Gasteiger partial charge in [-0.15, -0.1) is 0 Å². The highest BCUT2D eigenvalue weighted by molar-refractivity contribution is 5.82. The maximum atomic E-state index is 12.6. The molecule has 2 atom stereocenters. The summed E-state index contributed by atoms with van der Waals surface area (Å²) < 4.78 is 16.9. The third-order valence-electron chi connectivity index (χ3n) is 5.33. The Morgan fingerprint density at radius 1 is 1.23 bits per heavy atom. The predicted molar refractivity (Wildman–Crippen MR) is 116 cm³/mol. The number of methoxy groups -OCH3 is 1. The third-order valence-corrected chi connectivity index (χ3v) is 5.33. The summed E-state index contributed by atoms with van der Waals surface area (Å²) >= 11 is 0. The van der Waals surface area contributed by atoms with Crippen molar-refractivity contribution in [2.75, 3.05) is 53.0 Å². The number of ether oxygens (including phenoxy) is 3. The molecule has 1 aromatic carbocycles. The number of rotatable bonds is 7. The van der Waals surface area contributed by atoms with Crippen LogP contribution in [-0.4, -0.2) is 86.9 Å². The van der Waals surface area contributed by atoms with Gasteiger partial charge in [0.25, 0.3) is 5.91 Å². The van der Waals surface area contributed by atoms with E-state index in [1.54, 1.807) is 7.11 Å². The van der Waals surface area contributed by atoms with Crippen LogP contribution in [0.25, 0.3) is 0 Å². The quantitative estimate of drug-likeness (QED) is 0.537. The van der Waals surface area contributed by atoms with Gasteiger partial charge in [-0.05, 0) is 38.8 Å². The Kier molecular flexibility index (Phi) is 8.19.